The Kier molecular flexibility index (Phi) is 5.85. The highest BCUT2D eigenvalue weighted by molar-refractivity contribution is 6.30. The first-order valence-electron chi connectivity index (χ1n) is 9.90. The highest BCUT2D eigenvalue weighted by atomic mass is 35.5. The van der Waals surface area contributed by atoms with Crippen molar-refractivity contribution in [3.63, 3.8) is 0 Å². The molecule has 2 N–H and O–H groups in total. The normalized spacial score (nSPS) is 23.1. The van der Waals surface area contributed by atoms with Crippen LogP contribution in [0.3, 0.4) is 0 Å². The van der Waals surface area contributed by atoms with Gasteiger partial charge in [0.05, 0.1) is 24.2 Å². The Bertz CT molecular complexity index is 1060. The van der Waals surface area contributed by atoms with Gasteiger partial charge < -0.3 is 20.1 Å². The maximum atomic E-state index is 13.4. The number of hydrogen-bond donors (Lipinski definition) is 2. The summed E-state index contributed by atoms with van der Waals surface area (Å²) >= 11 is 5.60. The summed E-state index contributed by atoms with van der Waals surface area (Å²) in [5.74, 6) is -1.61. The Morgan fingerprint density at radius 1 is 1.06 bits per heavy atom. The Morgan fingerprint density at radius 3 is 2.33 bits per heavy atom. The average molecular weight is 488 g/mol. The summed E-state index contributed by atoms with van der Waals surface area (Å²) in [6, 6.07) is 6.16. The molecule has 2 aromatic rings. The predicted molar refractivity (Wildman–Crippen MR) is 107 cm³/mol. The van der Waals surface area contributed by atoms with Gasteiger partial charge in [0.2, 0.25) is 5.91 Å². The molecule has 0 spiro atoms. The van der Waals surface area contributed by atoms with Crippen molar-refractivity contribution in [3.05, 3.63) is 53.1 Å². The topological polar surface area (TPSA) is 89.6 Å². The molecule has 3 fully saturated rings. The lowest BCUT2D eigenvalue weighted by molar-refractivity contribution is -0.274. The summed E-state index contributed by atoms with van der Waals surface area (Å²) in [7, 11) is 0. The largest absolute Gasteiger partial charge is 0.573 e. The van der Waals surface area contributed by atoms with E-state index in [1.807, 2.05) is 0 Å². The zero-order valence-corrected chi connectivity index (χ0v) is 17.7. The summed E-state index contributed by atoms with van der Waals surface area (Å²) in [6.45, 7) is 0.0601. The van der Waals surface area contributed by atoms with E-state index in [1.54, 1.807) is 0 Å². The zero-order valence-electron chi connectivity index (χ0n) is 17.0. The smallest absolute Gasteiger partial charge is 0.493 e. The van der Waals surface area contributed by atoms with Gasteiger partial charge in [-0.2, -0.15) is 0 Å². The third-order valence-electron chi connectivity index (χ3n) is 5.51. The van der Waals surface area contributed by atoms with E-state index in [1.165, 1.54) is 12.1 Å². The van der Waals surface area contributed by atoms with Crippen molar-refractivity contribution in [2.24, 2.45) is 0 Å². The lowest BCUT2D eigenvalue weighted by Gasteiger charge is -2.70. The van der Waals surface area contributed by atoms with Crippen molar-refractivity contribution in [2.45, 2.75) is 43.1 Å². The van der Waals surface area contributed by atoms with Gasteiger partial charge >= 0.3 is 6.36 Å². The minimum Gasteiger partial charge on any atom is -0.493 e. The second kappa shape index (κ2) is 8.36. The molecule has 3 saturated carbocycles. The molecule has 0 unspecified atom stereocenters. The number of nitrogens with zero attached hydrogens (tertiary/aromatic N) is 1. The number of nitrogens with one attached hydrogen (secondary N) is 2. The van der Waals surface area contributed by atoms with Crippen molar-refractivity contribution < 1.29 is 36.6 Å². The van der Waals surface area contributed by atoms with E-state index in [0.717, 1.165) is 24.4 Å². The maximum absolute atomic E-state index is 13.4. The Labute approximate surface area is 190 Å². The van der Waals surface area contributed by atoms with Crippen molar-refractivity contribution in [2.75, 3.05) is 6.61 Å². The fraction of sp³-hybridized carbons (Fsp3) is 0.381. The first kappa shape index (κ1) is 23.1. The van der Waals surface area contributed by atoms with Crippen LogP contribution in [0.4, 0.5) is 17.6 Å². The third-order valence-corrected chi connectivity index (χ3v) is 5.81. The van der Waals surface area contributed by atoms with E-state index < -0.39 is 34.9 Å². The van der Waals surface area contributed by atoms with Crippen LogP contribution in [0.5, 0.6) is 11.5 Å². The van der Waals surface area contributed by atoms with Crippen LogP contribution in [0.25, 0.3) is 0 Å². The van der Waals surface area contributed by atoms with Crippen LogP contribution in [0.1, 0.15) is 36.2 Å². The van der Waals surface area contributed by atoms with E-state index in [4.69, 9.17) is 16.3 Å². The van der Waals surface area contributed by atoms with Gasteiger partial charge in [0, 0.05) is 17.1 Å². The number of halogens is 5. The van der Waals surface area contributed by atoms with Gasteiger partial charge in [-0.25, -0.2) is 9.37 Å². The molecular weight excluding hydrogens is 470 g/mol. The summed E-state index contributed by atoms with van der Waals surface area (Å²) in [5, 5.41) is 5.74. The SMILES string of the molecule is O=C(CCOc1ccc(Cl)c(F)c1)NC12CC(NC(=O)c3ccc(OC(F)(F)F)cn3)(C1)C2. The molecular formula is C21H18ClF4N3O4. The molecule has 0 atom stereocenters. The van der Waals surface area contributed by atoms with Gasteiger partial charge in [0.25, 0.3) is 5.91 Å². The van der Waals surface area contributed by atoms with Crippen LogP contribution in [0.2, 0.25) is 5.02 Å². The summed E-state index contributed by atoms with van der Waals surface area (Å²) in [5.41, 5.74) is -0.901. The van der Waals surface area contributed by atoms with Crippen LogP contribution in [-0.2, 0) is 4.79 Å². The third kappa shape index (κ3) is 5.29. The lowest BCUT2D eigenvalue weighted by atomic mass is 9.44. The van der Waals surface area contributed by atoms with Crippen molar-refractivity contribution in [3.8, 4) is 11.5 Å². The van der Waals surface area contributed by atoms with Crippen LogP contribution in [-0.4, -0.2) is 40.8 Å². The number of aromatic nitrogens is 1. The molecule has 3 aliphatic rings. The maximum Gasteiger partial charge on any atom is 0.573 e. The standard InChI is InChI=1S/C21H18ClF4N3O4/c22-14-3-1-12(7-15(14)23)32-6-5-17(30)28-19-9-20(10-19,11-19)29-18(31)16-4-2-13(8-27-16)33-21(24,25)26/h1-4,7-8H,5-6,9-11H2,(H,28,30)(H,29,31). The summed E-state index contributed by atoms with van der Waals surface area (Å²) < 4.78 is 59.1. The van der Waals surface area contributed by atoms with Gasteiger partial charge in [-0.15, -0.1) is 13.2 Å². The van der Waals surface area contributed by atoms with Crippen LogP contribution in [0.15, 0.2) is 36.5 Å². The minimum absolute atomic E-state index is 0.0204. The van der Waals surface area contributed by atoms with E-state index >= 15 is 0 Å². The molecule has 1 aromatic carbocycles. The Morgan fingerprint density at radius 2 is 1.73 bits per heavy atom. The molecule has 12 heteroatoms. The Hall–Kier alpha value is -3.08. The summed E-state index contributed by atoms with van der Waals surface area (Å²) in [4.78, 5) is 28.2. The first-order valence-corrected chi connectivity index (χ1v) is 10.3. The molecule has 2 bridgehead atoms. The van der Waals surface area contributed by atoms with E-state index in [0.29, 0.717) is 19.3 Å². The molecule has 1 heterocycles. The fourth-order valence-corrected chi connectivity index (χ4v) is 4.37. The summed E-state index contributed by atoms with van der Waals surface area (Å²) in [6.07, 6.45) is -2.33. The predicted octanol–water partition coefficient (Wildman–Crippen LogP) is 3.76. The molecule has 0 radical (unpaired) electrons. The van der Waals surface area contributed by atoms with Gasteiger partial charge in [0.1, 0.15) is 23.0 Å². The minimum atomic E-state index is -4.84. The monoisotopic (exact) mass is 487 g/mol. The fourth-order valence-electron chi connectivity index (χ4n) is 4.25. The average Bonchev–Trinajstić information content (AvgIpc) is 2.67. The first-order chi connectivity index (χ1) is 15.5. The molecule has 7 nitrogen and oxygen atoms in total. The molecule has 2 amide bonds. The molecule has 3 aliphatic carbocycles. The van der Waals surface area contributed by atoms with E-state index in [2.05, 4.69) is 20.4 Å². The Balaban J connectivity index is 1.19. The van der Waals surface area contributed by atoms with Gasteiger partial charge in [-0.1, -0.05) is 11.6 Å². The van der Waals surface area contributed by atoms with E-state index in [9.17, 15) is 27.2 Å². The lowest BCUT2D eigenvalue weighted by Crippen LogP contribution is -2.83. The van der Waals surface area contributed by atoms with Crippen LogP contribution in [0, 0.1) is 5.82 Å². The molecule has 1 aromatic heterocycles. The molecule has 176 valence electrons. The van der Waals surface area contributed by atoms with Crippen molar-refractivity contribution in [1.29, 1.82) is 0 Å². The van der Waals surface area contributed by atoms with Crippen molar-refractivity contribution in [1.82, 2.24) is 15.6 Å². The number of benzene rings is 1. The number of rotatable bonds is 8. The number of carbonyl (C=O) groups is 2. The highest BCUT2D eigenvalue weighted by Gasteiger charge is 2.69. The molecule has 5 rings (SSSR count). The van der Waals surface area contributed by atoms with Gasteiger partial charge in [-0.3, -0.25) is 9.59 Å². The molecule has 0 aliphatic heterocycles. The molecule has 0 saturated heterocycles. The second-order valence-corrected chi connectivity index (χ2v) is 8.60. The van der Waals surface area contributed by atoms with Crippen molar-refractivity contribution >= 4 is 23.4 Å². The van der Waals surface area contributed by atoms with E-state index in [-0.39, 0.29) is 35.4 Å². The van der Waals surface area contributed by atoms with Gasteiger partial charge in [-0.05, 0) is 43.5 Å². The number of amides is 2. The number of hydrogen-bond acceptors (Lipinski definition) is 5. The quantitative estimate of drug-likeness (QED) is 0.553. The van der Waals surface area contributed by atoms with Crippen LogP contribution < -0.4 is 20.1 Å². The molecule has 33 heavy (non-hydrogen) atoms. The number of ether oxygens (including phenoxy) is 2. The number of pyridine rings is 1. The number of carbonyl (C=O) groups excluding carboxylic acids is 2. The number of alkyl halides is 3. The van der Waals surface area contributed by atoms with Crippen LogP contribution >= 0.6 is 11.6 Å². The highest BCUT2D eigenvalue weighted by Crippen LogP contribution is 2.60. The zero-order chi connectivity index (χ0) is 23.9. The van der Waals surface area contributed by atoms with Gasteiger partial charge in [0.15, 0.2) is 0 Å². The second-order valence-electron chi connectivity index (χ2n) is 8.19.